The fourth-order valence-electron chi connectivity index (χ4n) is 2.75. The van der Waals surface area contributed by atoms with E-state index in [9.17, 15) is 4.79 Å². The van der Waals surface area contributed by atoms with Crippen LogP contribution in [-0.2, 0) is 0 Å². The first-order valence-electron chi connectivity index (χ1n) is 8.05. The van der Waals surface area contributed by atoms with Crippen molar-refractivity contribution in [1.29, 1.82) is 0 Å². The van der Waals surface area contributed by atoms with Crippen molar-refractivity contribution in [3.05, 3.63) is 72.1 Å². The molecule has 0 spiro atoms. The molecule has 2 amide bonds. The van der Waals surface area contributed by atoms with Crippen LogP contribution >= 0.6 is 0 Å². The molecule has 2 aromatic heterocycles. The molecule has 0 fully saturated rings. The minimum atomic E-state index is -0.516. The largest absolute Gasteiger partial charge is 0.361 e. The Bertz CT molecular complexity index is 1030. The van der Waals surface area contributed by atoms with Gasteiger partial charge in [-0.25, -0.2) is 15.6 Å². The van der Waals surface area contributed by atoms with Gasteiger partial charge in [0, 0.05) is 45.3 Å². The molecule has 0 saturated heterocycles. The summed E-state index contributed by atoms with van der Waals surface area (Å²) in [5, 5.41) is 9.96. The van der Waals surface area contributed by atoms with Crippen LogP contribution in [0.3, 0.4) is 0 Å². The maximum Gasteiger partial charge on any atom is 0.355 e. The van der Waals surface area contributed by atoms with Crippen molar-refractivity contribution in [2.75, 3.05) is 0 Å². The Kier molecular flexibility index (Phi) is 4.17. The molecule has 0 aliphatic heterocycles. The predicted molar refractivity (Wildman–Crippen MR) is 103 cm³/mol. The van der Waals surface area contributed by atoms with E-state index in [1.807, 2.05) is 60.9 Å². The number of hydrazone groups is 2. The van der Waals surface area contributed by atoms with Crippen LogP contribution in [0, 0.1) is 0 Å². The fraction of sp³-hybridized carbons (Fsp3) is 0. The molecule has 0 atom stereocenters. The van der Waals surface area contributed by atoms with Gasteiger partial charge in [0.05, 0.1) is 12.4 Å². The molecule has 26 heavy (non-hydrogen) atoms. The number of hydrogen-bond acceptors (Lipinski definition) is 3. The molecule has 0 aliphatic rings. The van der Waals surface area contributed by atoms with Crippen LogP contribution in [0.15, 0.2) is 71.1 Å². The van der Waals surface area contributed by atoms with Crippen molar-refractivity contribution in [1.82, 2.24) is 20.8 Å². The van der Waals surface area contributed by atoms with Crippen LogP contribution in [-0.4, -0.2) is 28.4 Å². The number of carbonyl (C=O) groups excluding carboxylic acids is 1. The van der Waals surface area contributed by atoms with Gasteiger partial charge in [-0.1, -0.05) is 36.4 Å². The number of aromatic nitrogens is 2. The lowest BCUT2D eigenvalue weighted by molar-refractivity contribution is 0.242. The summed E-state index contributed by atoms with van der Waals surface area (Å²) in [6.45, 7) is 0. The van der Waals surface area contributed by atoms with Crippen LogP contribution in [0.5, 0.6) is 0 Å². The first-order chi connectivity index (χ1) is 12.8. The number of carbonyl (C=O) groups is 1. The molecule has 0 aliphatic carbocycles. The Labute approximate surface area is 148 Å². The minimum Gasteiger partial charge on any atom is -0.361 e. The maximum atomic E-state index is 11.8. The van der Waals surface area contributed by atoms with Crippen LogP contribution in [0.4, 0.5) is 4.79 Å². The molecule has 4 aromatic rings. The standard InChI is InChI=1S/C19H16N6O/c26-19(24-22-11-13-9-20-17-7-3-1-5-15(13)17)25-23-12-14-10-21-18-8-4-2-6-16(14)18/h1-12,20-21H,(H2,24,25,26)/b22-11-,23-12+. The fourth-order valence-corrected chi connectivity index (χ4v) is 2.75. The number of para-hydroxylation sites is 2. The highest BCUT2D eigenvalue weighted by molar-refractivity contribution is 6.00. The van der Waals surface area contributed by atoms with Gasteiger partial charge in [0.25, 0.3) is 0 Å². The average molecular weight is 344 g/mol. The minimum absolute atomic E-state index is 0.516. The highest BCUT2D eigenvalue weighted by Gasteiger charge is 2.01. The summed E-state index contributed by atoms with van der Waals surface area (Å²) >= 11 is 0. The van der Waals surface area contributed by atoms with Crippen LogP contribution in [0.2, 0.25) is 0 Å². The number of H-pyrrole nitrogens is 2. The first-order valence-corrected chi connectivity index (χ1v) is 8.05. The van der Waals surface area contributed by atoms with Gasteiger partial charge in [-0.2, -0.15) is 10.2 Å². The van der Waals surface area contributed by atoms with Gasteiger partial charge in [0.2, 0.25) is 0 Å². The average Bonchev–Trinajstić information content (AvgIpc) is 3.27. The summed E-state index contributed by atoms with van der Waals surface area (Å²) in [4.78, 5) is 18.1. The van der Waals surface area contributed by atoms with Crippen molar-refractivity contribution in [3.8, 4) is 0 Å². The third-order valence-corrected chi connectivity index (χ3v) is 3.98. The molecule has 7 nitrogen and oxygen atoms in total. The van der Waals surface area contributed by atoms with E-state index < -0.39 is 6.03 Å². The summed E-state index contributed by atoms with van der Waals surface area (Å²) in [5.41, 5.74) is 8.59. The van der Waals surface area contributed by atoms with Crippen molar-refractivity contribution in [2.45, 2.75) is 0 Å². The van der Waals surface area contributed by atoms with E-state index in [1.165, 1.54) is 0 Å². The number of amides is 2. The molecular weight excluding hydrogens is 328 g/mol. The number of fused-ring (bicyclic) bond motifs is 2. The Morgan fingerprint density at radius 2 is 1.23 bits per heavy atom. The second-order valence-corrected chi connectivity index (χ2v) is 5.65. The Hall–Kier alpha value is -3.87. The number of hydrogen-bond donors (Lipinski definition) is 4. The lowest BCUT2D eigenvalue weighted by Gasteiger charge is -1.97. The number of nitrogens with one attached hydrogen (secondary N) is 4. The summed E-state index contributed by atoms with van der Waals surface area (Å²) in [6, 6.07) is 15.2. The van der Waals surface area contributed by atoms with E-state index in [1.54, 1.807) is 12.4 Å². The Morgan fingerprint density at radius 3 is 1.73 bits per heavy atom. The second kappa shape index (κ2) is 6.94. The zero-order valence-corrected chi connectivity index (χ0v) is 13.7. The number of rotatable bonds is 4. The quantitative estimate of drug-likeness (QED) is 0.331. The third kappa shape index (κ3) is 3.18. The summed E-state index contributed by atoms with van der Waals surface area (Å²) < 4.78 is 0. The molecule has 0 radical (unpaired) electrons. The zero-order valence-electron chi connectivity index (χ0n) is 13.7. The highest BCUT2D eigenvalue weighted by atomic mass is 16.2. The lowest BCUT2D eigenvalue weighted by Crippen LogP contribution is -2.28. The molecule has 4 N–H and O–H groups in total. The molecule has 128 valence electrons. The molecule has 2 heterocycles. The molecule has 0 saturated carbocycles. The molecule has 0 bridgehead atoms. The molecule has 0 unspecified atom stereocenters. The van der Waals surface area contributed by atoms with E-state index in [2.05, 4.69) is 31.0 Å². The number of benzene rings is 2. The van der Waals surface area contributed by atoms with Crippen molar-refractivity contribution in [2.24, 2.45) is 10.2 Å². The number of nitrogens with zero attached hydrogens (tertiary/aromatic N) is 2. The van der Waals surface area contributed by atoms with E-state index in [-0.39, 0.29) is 0 Å². The summed E-state index contributed by atoms with van der Waals surface area (Å²) in [5.74, 6) is 0. The Morgan fingerprint density at radius 1 is 0.769 bits per heavy atom. The molecule has 7 heteroatoms. The highest BCUT2D eigenvalue weighted by Crippen LogP contribution is 2.16. The lowest BCUT2D eigenvalue weighted by atomic mass is 10.2. The van der Waals surface area contributed by atoms with Gasteiger partial charge in [-0.3, -0.25) is 0 Å². The van der Waals surface area contributed by atoms with Gasteiger partial charge in [-0.05, 0) is 12.1 Å². The van der Waals surface area contributed by atoms with E-state index >= 15 is 0 Å². The molecular formula is C19H16N6O. The SMILES string of the molecule is O=C(N/N=C\c1c[nH]c2ccccc12)N/N=C/c1c[nH]c2ccccc12. The first kappa shape index (κ1) is 15.6. The number of urea groups is 1. The van der Waals surface area contributed by atoms with E-state index in [4.69, 9.17) is 0 Å². The van der Waals surface area contributed by atoms with Gasteiger partial charge in [0.1, 0.15) is 0 Å². The third-order valence-electron chi connectivity index (χ3n) is 3.98. The van der Waals surface area contributed by atoms with E-state index in [0.29, 0.717) is 0 Å². The van der Waals surface area contributed by atoms with Crippen molar-refractivity contribution in [3.63, 3.8) is 0 Å². The monoisotopic (exact) mass is 344 g/mol. The summed E-state index contributed by atoms with van der Waals surface area (Å²) in [6.07, 6.45) is 6.84. The van der Waals surface area contributed by atoms with Gasteiger partial charge >= 0.3 is 6.03 Å². The topological polar surface area (TPSA) is 97.4 Å². The summed E-state index contributed by atoms with van der Waals surface area (Å²) in [7, 11) is 0. The molecule has 2 aromatic carbocycles. The predicted octanol–water partition coefficient (Wildman–Crippen LogP) is 3.32. The van der Waals surface area contributed by atoms with Crippen LogP contribution < -0.4 is 10.9 Å². The van der Waals surface area contributed by atoms with Gasteiger partial charge in [-0.15, -0.1) is 0 Å². The van der Waals surface area contributed by atoms with Gasteiger partial charge < -0.3 is 9.97 Å². The van der Waals surface area contributed by atoms with Crippen LogP contribution in [0.1, 0.15) is 11.1 Å². The smallest absolute Gasteiger partial charge is 0.355 e. The van der Waals surface area contributed by atoms with E-state index in [0.717, 1.165) is 32.9 Å². The van der Waals surface area contributed by atoms with Crippen molar-refractivity contribution >= 4 is 40.3 Å². The molecule has 4 rings (SSSR count). The van der Waals surface area contributed by atoms with Crippen molar-refractivity contribution < 1.29 is 4.79 Å². The zero-order chi connectivity index (χ0) is 17.8. The normalized spacial score (nSPS) is 11.7. The maximum absolute atomic E-state index is 11.8. The number of aromatic amines is 2. The second-order valence-electron chi connectivity index (χ2n) is 5.65. The Balaban J connectivity index is 1.35. The van der Waals surface area contributed by atoms with Crippen LogP contribution in [0.25, 0.3) is 21.8 Å². The van der Waals surface area contributed by atoms with Gasteiger partial charge in [0.15, 0.2) is 0 Å².